The zero-order chi connectivity index (χ0) is 16.2. The minimum atomic E-state index is -3.04. The van der Waals surface area contributed by atoms with Crippen LogP contribution in [0.15, 0.2) is 24.3 Å². The van der Waals surface area contributed by atoms with Gasteiger partial charge in [0.05, 0.1) is 23.7 Å². The number of rotatable bonds is 6. The van der Waals surface area contributed by atoms with Crippen molar-refractivity contribution in [3.63, 3.8) is 0 Å². The first-order valence-electron chi connectivity index (χ1n) is 7.59. The first-order chi connectivity index (χ1) is 10.3. The van der Waals surface area contributed by atoms with Crippen molar-refractivity contribution in [3.05, 3.63) is 29.8 Å². The first kappa shape index (κ1) is 16.8. The van der Waals surface area contributed by atoms with Gasteiger partial charge in [-0.15, -0.1) is 0 Å². The predicted molar refractivity (Wildman–Crippen MR) is 86.0 cm³/mol. The summed E-state index contributed by atoms with van der Waals surface area (Å²) in [5.74, 6) is 0.622. The number of sulfone groups is 1. The molecule has 122 valence electrons. The van der Waals surface area contributed by atoms with Gasteiger partial charge >= 0.3 is 0 Å². The summed E-state index contributed by atoms with van der Waals surface area (Å²) in [5, 5.41) is 2.84. The lowest BCUT2D eigenvalue weighted by molar-refractivity contribution is 0.0915. The van der Waals surface area contributed by atoms with E-state index in [0.717, 1.165) is 18.6 Å². The van der Waals surface area contributed by atoms with Crippen molar-refractivity contribution in [2.24, 2.45) is 0 Å². The van der Waals surface area contributed by atoms with E-state index in [0.29, 0.717) is 18.6 Å². The molecule has 1 aliphatic rings. The van der Waals surface area contributed by atoms with Gasteiger partial charge in [0.1, 0.15) is 5.75 Å². The molecule has 0 aliphatic carbocycles. The SMILES string of the molecule is CCCCOc1ccc(C(=O)N[C@@]2(C)CCS(=O)(=O)C2)cc1. The fourth-order valence-corrected chi connectivity index (χ4v) is 4.59. The molecular weight excluding hydrogens is 302 g/mol. The third-order valence-electron chi connectivity index (χ3n) is 3.80. The van der Waals surface area contributed by atoms with Crippen LogP contribution in [0.4, 0.5) is 0 Å². The molecule has 1 heterocycles. The average molecular weight is 325 g/mol. The molecule has 1 aromatic rings. The quantitative estimate of drug-likeness (QED) is 0.814. The Morgan fingerprint density at radius 1 is 1.32 bits per heavy atom. The first-order valence-corrected chi connectivity index (χ1v) is 9.41. The number of ether oxygens (including phenoxy) is 1. The lowest BCUT2D eigenvalue weighted by atomic mass is 10.0. The molecule has 0 spiro atoms. The van der Waals surface area contributed by atoms with Gasteiger partial charge in [0, 0.05) is 5.56 Å². The van der Waals surface area contributed by atoms with E-state index in [9.17, 15) is 13.2 Å². The molecule has 1 atom stereocenters. The number of hydrogen-bond donors (Lipinski definition) is 1. The summed E-state index contributed by atoms with van der Waals surface area (Å²) in [6, 6.07) is 6.92. The Balaban J connectivity index is 1.95. The molecule has 0 radical (unpaired) electrons. The number of nitrogens with one attached hydrogen (secondary N) is 1. The van der Waals surface area contributed by atoms with Crippen molar-refractivity contribution in [3.8, 4) is 5.75 Å². The van der Waals surface area contributed by atoms with E-state index in [1.165, 1.54) is 0 Å². The normalized spacial score (nSPS) is 23.2. The molecule has 1 fully saturated rings. The maximum Gasteiger partial charge on any atom is 0.251 e. The summed E-state index contributed by atoms with van der Waals surface area (Å²) in [6.45, 7) is 4.54. The summed E-state index contributed by atoms with van der Waals surface area (Å²) < 4.78 is 28.7. The summed E-state index contributed by atoms with van der Waals surface area (Å²) in [5.41, 5.74) is -0.167. The number of unbranched alkanes of at least 4 members (excludes halogenated alkanes) is 1. The van der Waals surface area contributed by atoms with Gasteiger partial charge in [0.25, 0.3) is 5.91 Å². The van der Waals surface area contributed by atoms with Crippen LogP contribution in [0, 0.1) is 0 Å². The van der Waals surface area contributed by atoms with Gasteiger partial charge in [-0.05, 0) is 44.0 Å². The molecule has 0 aromatic heterocycles. The molecule has 1 amide bonds. The molecule has 0 saturated carbocycles. The standard InChI is InChI=1S/C16H23NO4S/c1-3-4-10-21-14-7-5-13(6-8-14)15(18)17-16(2)9-11-22(19,20)12-16/h5-8H,3-4,9-12H2,1-2H3,(H,17,18)/t16-/m0/s1. The van der Waals surface area contributed by atoms with Crippen molar-refractivity contribution < 1.29 is 17.9 Å². The maximum absolute atomic E-state index is 12.2. The van der Waals surface area contributed by atoms with E-state index in [1.807, 2.05) is 0 Å². The molecular formula is C16H23NO4S. The Morgan fingerprint density at radius 3 is 2.55 bits per heavy atom. The molecule has 22 heavy (non-hydrogen) atoms. The Bertz CT molecular complexity index is 624. The second-order valence-corrected chi connectivity index (χ2v) is 8.27. The van der Waals surface area contributed by atoms with E-state index in [4.69, 9.17) is 4.74 Å². The van der Waals surface area contributed by atoms with Gasteiger partial charge < -0.3 is 10.1 Å². The largest absolute Gasteiger partial charge is 0.494 e. The molecule has 6 heteroatoms. The van der Waals surface area contributed by atoms with Gasteiger partial charge in [-0.2, -0.15) is 0 Å². The fourth-order valence-electron chi connectivity index (χ4n) is 2.49. The molecule has 5 nitrogen and oxygen atoms in total. The van der Waals surface area contributed by atoms with E-state index in [1.54, 1.807) is 31.2 Å². The van der Waals surface area contributed by atoms with Crippen molar-refractivity contribution in [2.45, 2.75) is 38.6 Å². The average Bonchev–Trinajstić information content (AvgIpc) is 2.73. The van der Waals surface area contributed by atoms with E-state index < -0.39 is 15.4 Å². The highest BCUT2D eigenvalue weighted by Gasteiger charge is 2.39. The Morgan fingerprint density at radius 2 is 2.00 bits per heavy atom. The van der Waals surface area contributed by atoms with Crippen molar-refractivity contribution >= 4 is 15.7 Å². The highest BCUT2D eigenvalue weighted by molar-refractivity contribution is 7.91. The predicted octanol–water partition coefficient (Wildman–Crippen LogP) is 2.17. The van der Waals surface area contributed by atoms with E-state index in [-0.39, 0.29) is 17.4 Å². The smallest absolute Gasteiger partial charge is 0.251 e. The number of amides is 1. The Hall–Kier alpha value is -1.56. The monoisotopic (exact) mass is 325 g/mol. The van der Waals surface area contributed by atoms with Gasteiger partial charge in [-0.3, -0.25) is 4.79 Å². The molecule has 0 unspecified atom stereocenters. The summed E-state index contributed by atoms with van der Waals surface area (Å²) in [4.78, 5) is 12.2. The van der Waals surface area contributed by atoms with Crippen LogP contribution in [-0.4, -0.2) is 38.0 Å². The van der Waals surface area contributed by atoms with Gasteiger partial charge in [-0.1, -0.05) is 13.3 Å². The van der Waals surface area contributed by atoms with E-state index in [2.05, 4.69) is 12.2 Å². The molecule has 1 aromatic carbocycles. The van der Waals surface area contributed by atoms with Crippen LogP contribution in [0.5, 0.6) is 5.75 Å². The zero-order valence-electron chi connectivity index (χ0n) is 13.1. The van der Waals surface area contributed by atoms with Crippen LogP contribution >= 0.6 is 0 Å². The Labute approximate surface area is 132 Å². The molecule has 0 bridgehead atoms. The zero-order valence-corrected chi connectivity index (χ0v) is 13.9. The van der Waals surface area contributed by atoms with Crippen LogP contribution in [0.1, 0.15) is 43.5 Å². The molecule has 2 rings (SSSR count). The highest BCUT2D eigenvalue weighted by atomic mass is 32.2. The Kier molecular flexibility index (Phi) is 5.11. The van der Waals surface area contributed by atoms with Crippen LogP contribution in [0.3, 0.4) is 0 Å². The number of carbonyl (C=O) groups is 1. The van der Waals surface area contributed by atoms with Gasteiger partial charge in [0.15, 0.2) is 9.84 Å². The summed E-state index contributed by atoms with van der Waals surface area (Å²) >= 11 is 0. The fraction of sp³-hybridized carbons (Fsp3) is 0.562. The van der Waals surface area contributed by atoms with Gasteiger partial charge in [0.2, 0.25) is 0 Å². The maximum atomic E-state index is 12.2. The lowest BCUT2D eigenvalue weighted by Crippen LogP contribution is -2.46. The van der Waals surface area contributed by atoms with Gasteiger partial charge in [-0.25, -0.2) is 8.42 Å². The minimum Gasteiger partial charge on any atom is -0.494 e. The number of hydrogen-bond acceptors (Lipinski definition) is 4. The molecule has 1 aliphatic heterocycles. The second-order valence-electron chi connectivity index (χ2n) is 6.08. The number of benzene rings is 1. The molecule has 1 N–H and O–H groups in total. The van der Waals surface area contributed by atoms with Crippen molar-refractivity contribution in [1.82, 2.24) is 5.32 Å². The summed E-state index contributed by atoms with van der Waals surface area (Å²) in [7, 11) is -3.04. The third-order valence-corrected chi connectivity index (χ3v) is 5.70. The topological polar surface area (TPSA) is 72.5 Å². The van der Waals surface area contributed by atoms with Crippen molar-refractivity contribution in [2.75, 3.05) is 18.1 Å². The summed E-state index contributed by atoms with van der Waals surface area (Å²) in [6.07, 6.45) is 2.52. The highest BCUT2D eigenvalue weighted by Crippen LogP contribution is 2.23. The van der Waals surface area contributed by atoms with Crippen LogP contribution in [0.25, 0.3) is 0 Å². The third kappa shape index (κ3) is 4.47. The lowest BCUT2D eigenvalue weighted by Gasteiger charge is -2.23. The minimum absolute atomic E-state index is 0.00392. The number of carbonyl (C=O) groups excluding carboxylic acids is 1. The van der Waals surface area contributed by atoms with Crippen molar-refractivity contribution in [1.29, 1.82) is 0 Å². The van der Waals surface area contributed by atoms with E-state index >= 15 is 0 Å². The van der Waals surface area contributed by atoms with Crippen LogP contribution in [0.2, 0.25) is 0 Å². The second kappa shape index (κ2) is 6.69. The van der Waals surface area contributed by atoms with Crippen LogP contribution < -0.4 is 10.1 Å². The van der Waals surface area contributed by atoms with Crippen LogP contribution in [-0.2, 0) is 9.84 Å². The molecule has 1 saturated heterocycles.